The van der Waals surface area contributed by atoms with Gasteiger partial charge in [0.2, 0.25) is 0 Å². The summed E-state index contributed by atoms with van der Waals surface area (Å²) in [5.74, 6) is 0.801. The molecule has 0 fully saturated rings. The topological polar surface area (TPSA) is 50.4 Å². The second-order valence-electron chi connectivity index (χ2n) is 4.86. The maximum atomic E-state index is 12.1. The SMILES string of the molecule is CNCC(C)NC(=O)c1cc(-c2ccc(OC)cc2)cs1. The molecule has 0 aliphatic carbocycles. The average Bonchev–Trinajstić information content (AvgIpc) is 2.97. The van der Waals surface area contributed by atoms with Crippen molar-refractivity contribution in [1.29, 1.82) is 0 Å². The van der Waals surface area contributed by atoms with Gasteiger partial charge in [-0.25, -0.2) is 0 Å². The molecule has 4 nitrogen and oxygen atoms in total. The van der Waals surface area contributed by atoms with Gasteiger partial charge in [-0.3, -0.25) is 4.79 Å². The van der Waals surface area contributed by atoms with Gasteiger partial charge >= 0.3 is 0 Å². The quantitative estimate of drug-likeness (QED) is 0.863. The van der Waals surface area contributed by atoms with E-state index in [1.165, 1.54) is 11.3 Å². The van der Waals surface area contributed by atoms with Crippen molar-refractivity contribution in [3.05, 3.63) is 40.6 Å². The van der Waals surface area contributed by atoms with Gasteiger partial charge in [0, 0.05) is 12.6 Å². The van der Waals surface area contributed by atoms with E-state index in [9.17, 15) is 4.79 Å². The van der Waals surface area contributed by atoms with E-state index in [-0.39, 0.29) is 11.9 Å². The standard InChI is InChI=1S/C16H20N2O2S/c1-11(9-17-2)18-16(19)15-8-13(10-21-15)12-4-6-14(20-3)7-5-12/h4-8,10-11,17H,9H2,1-3H3,(H,18,19). The van der Waals surface area contributed by atoms with Crippen LogP contribution in [0.4, 0.5) is 0 Å². The summed E-state index contributed by atoms with van der Waals surface area (Å²) in [6.07, 6.45) is 0. The molecule has 5 heteroatoms. The number of ether oxygens (including phenoxy) is 1. The van der Waals surface area contributed by atoms with Crippen LogP contribution in [-0.2, 0) is 0 Å². The second-order valence-corrected chi connectivity index (χ2v) is 5.77. The molecule has 0 saturated carbocycles. The number of amides is 1. The Hall–Kier alpha value is -1.85. The molecule has 2 rings (SSSR count). The minimum absolute atomic E-state index is 0.0255. The van der Waals surface area contributed by atoms with Gasteiger partial charge in [-0.15, -0.1) is 11.3 Å². The number of carbonyl (C=O) groups excluding carboxylic acids is 1. The first-order valence-corrected chi connectivity index (χ1v) is 7.70. The van der Waals surface area contributed by atoms with E-state index in [1.807, 2.05) is 49.7 Å². The Morgan fingerprint density at radius 2 is 2.00 bits per heavy atom. The molecular formula is C16H20N2O2S. The fourth-order valence-corrected chi connectivity index (χ4v) is 2.86. The summed E-state index contributed by atoms with van der Waals surface area (Å²) in [7, 11) is 3.52. The predicted octanol–water partition coefficient (Wildman–Crippen LogP) is 2.76. The molecule has 112 valence electrons. The number of rotatable bonds is 6. The minimum atomic E-state index is -0.0255. The third kappa shape index (κ3) is 4.06. The van der Waals surface area contributed by atoms with Crippen LogP contribution in [0.2, 0.25) is 0 Å². The van der Waals surface area contributed by atoms with Crippen LogP contribution in [0.15, 0.2) is 35.7 Å². The molecule has 0 bridgehead atoms. The first-order chi connectivity index (χ1) is 10.1. The Kier molecular flexibility index (Phi) is 5.36. The number of thiophene rings is 1. The lowest BCUT2D eigenvalue weighted by Crippen LogP contribution is -2.38. The Morgan fingerprint density at radius 3 is 2.62 bits per heavy atom. The number of likely N-dealkylation sites (N-methyl/N-ethyl adjacent to an activating group) is 1. The van der Waals surface area contributed by atoms with E-state index >= 15 is 0 Å². The van der Waals surface area contributed by atoms with Crippen LogP contribution in [0.5, 0.6) is 5.75 Å². The lowest BCUT2D eigenvalue weighted by molar-refractivity contribution is 0.0944. The molecule has 0 aliphatic heterocycles. The van der Waals surface area contributed by atoms with E-state index < -0.39 is 0 Å². The molecule has 2 N–H and O–H groups in total. The van der Waals surface area contributed by atoms with Crippen molar-refractivity contribution in [2.24, 2.45) is 0 Å². The smallest absolute Gasteiger partial charge is 0.261 e. The maximum absolute atomic E-state index is 12.1. The third-order valence-corrected chi connectivity index (χ3v) is 4.06. The van der Waals surface area contributed by atoms with Crippen LogP contribution in [0.25, 0.3) is 11.1 Å². The van der Waals surface area contributed by atoms with E-state index in [2.05, 4.69) is 10.6 Å². The fraction of sp³-hybridized carbons (Fsp3) is 0.312. The van der Waals surface area contributed by atoms with Crippen molar-refractivity contribution in [3.63, 3.8) is 0 Å². The van der Waals surface area contributed by atoms with Gasteiger partial charge in [0.25, 0.3) is 5.91 Å². The van der Waals surface area contributed by atoms with Gasteiger partial charge in [0.1, 0.15) is 5.75 Å². The monoisotopic (exact) mass is 304 g/mol. The summed E-state index contributed by atoms with van der Waals surface area (Å²) in [4.78, 5) is 12.9. The van der Waals surface area contributed by atoms with Crippen LogP contribution in [-0.4, -0.2) is 32.7 Å². The van der Waals surface area contributed by atoms with Gasteiger partial charge < -0.3 is 15.4 Å². The van der Waals surface area contributed by atoms with E-state index in [4.69, 9.17) is 4.74 Å². The van der Waals surface area contributed by atoms with Crippen LogP contribution in [0.3, 0.4) is 0 Å². The second kappa shape index (κ2) is 7.24. The Morgan fingerprint density at radius 1 is 1.29 bits per heavy atom. The highest BCUT2D eigenvalue weighted by atomic mass is 32.1. The Bertz CT molecular complexity index is 593. The highest BCUT2D eigenvalue weighted by Crippen LogP contribution is 2.27. The minimum Gasteiger partial charge on any atom is -0.497 e. The molecule has 1 atom stereocenters. The van der Waals surface area contributed by atoms with Crippen LogP contribution >= 0.6 is 11.3 Å². The van der Waals surface area contributed by atoms with E-state index in [1.54, 1.807) is 7.11 Å². The first kappa shape index (κ1) is 15.5. The van der Waals surface area contributed by atoms with Gasteiger partial charge in [-0.05, 0) is 48.7 Å². The first-order valence-electron chi connectivity index (χ1n) is 6.82. The average molecular weight is 304 g/mol. The summed E-state index contributed by atoms with van der Waals surface area (Å²) in [5, 5.41) is 8.01. The number of hydrogen-bond donors (Lipinski definition) is 2. The molecule has 1 unspecified atom stereocenters. The maximum Gasteiger partial charge on any atom is 0.261 e. The highest BCUT2D eigenvalue weighted by Gasteiger charge is 2.12. The zero-order valence-electron chi connectivity index (χ0n) is 12.5. The molecule has 0 saturated heterocycles. The Balaban J connectivity index is 2.08. The summed E-state index contributed by atoms with van der Waals surface area (Å²) >= 11 is 1.46. The molecule has 1 aromatic carbocycles. The number of benzene rings is 1. The molecule has 1 amide bonds. The van der Waals surface area contributed by atoms with Crippen molar-refractivity contribution < 1.29 is 9.53 Å². The molecule has 0 spiro atoms. The zero-order chi connectivity index (χ0) is 15.2. The van der Waals surface area contributed by atoms with Crippen molar-refractivity contribution in [1.82, 2.24) is 10.6 Å². The van der Waals surface area contributed by atoms with Crippen LogP contribution in [0, 0.1) is 0 Å². The summed E-state index contributed by atoms with van der Waals surface area (Å²) in [5.41, 5.74) is 2.13. The largest absolute Gasteiger partial charge is 0.497 e. The normalized spacial score (nSPS) is 12.0. The molecule has 2 aromatic rings. The molecule has 0 aliphatic rings. The number of methoxy groups -OCH3 is 1. The fourth-order valence-electron chi connectivity index (χ4n) is 2.04. The lowest BCUT2D eigenvalue weighted by Gasteiger charge is -2.11. The highest BCUT2D eigenvalue weighted by molar-refractivity contribution is 7.12. The molecule has 21 heavy (non-hydrogen) atoms. The lowest BCUT2D eigenvalue weighted by atomic mass is 10.1. The molecular weight excluding hydrogens is 284 g/mol. The molecule has 1 heterocycles. The van der Waals surface area contributed by atoms with Crippen molar-refractivity contribution in [2.75, 3.05) is 20.7 Å². The molecule has 0 radical (unpaired) electrons. The van der Waals surface area contributed by atoms with Gasteiger partial charge in [-0.1, -0.05) is 12.1 Å². The van der Waals surface area contributed by atoms with Crippen LogP contribution in [0.1, 0.15) is 16.6 Å². The molecule has 1 aromatic heterocycles. The third-order valence-electron chi connectivity index (χ3n) is 3.13. The van der Waals surface area contributed by atoms with Gasteiger partial charge in [0.05, 0.1) is 12.0 Å². The van der Waals surface area contributed by atoms with Crippen molar-refractivity contribution in [2.45, 2.75) is 13.0 Å². The summed E-state index contributed by atoms with van der Waals surface area (Å²) in [6, 6.07) is 9.85. The summed E-state index contributed by atoms with van der Waals surface area (Å²) < 4.78 is 5.15. The van der Waals surface area contributed by atoms with Gasteiger partial charge in [0.15, 0.2) is 0 Å². The van der Waals surface area contributed by atoms with Crippen molar-refractivity contribution >= 4 is 17.2 Å². The predicted molar refractivity (Wildman–Crippen MR) is 87.2 cm³/mol. The number of hydrogen-bond acceptors (Lipinski definition) is 4. The van der Waals surface area contributed by atoms with E-state index in [0.717, 1.165) is 28.3 Å². The number of nitrogens with one attached hydrogen (secondary N) is 2. The van der Waals surface area contributed by atoms with E-state index in [0.29, 0.717) is 0 Å². The number of carbonyl (C=O) groups is 1. The zero-order valence-corrected chi connectivity index (χ0v) is 13.3. The van der Waals surface area contributed by atoms with Crippen LogP contribution < -0.4 is 15.4 Å². The summed E-state index contributed by atoms with van der Waals surface area (Å²) in [6.45, 7) is 2.73. The Labute approximate surface area is 129 Å². The van der Waals surface area contributed by atoms with Gasteiger partial charge in [-0.2, -0.15) is 0 Å². The van der Waals surface area contributed by atoms with Crippen molar-refractivity contribution in [3.8, 4) is 16.9 Å².